The van der Waals surface area contributed by atoms with Gasteiger partial charge >= 0.3 is 5.97 Å². The second-order valence-electron chi connectivity index (χ2n) is 7.05. The van der Waals surface area contributed by atoms with Crippen LogP contribution in [0, 0.1) is 0 Å². The third-order valence-corrected chi connectivity index (χ3v) is 4.50. The first kappa shape index (κ1) is 18.0. The molecule has 3 rings (SSSR count). The summed E-state index contributed by atoms with van der Waals surface area (Å²) in [5.74, 6) is -2.65. The molecule has 0 aromatic carbocycles. The van der Waals surface area contributed by atoms with Gasteiger partial charge in [-0.1, -0.05) is 0 Å². The van der Waals surface area contributed by atoms with Crippen LogP contribution in [0.5, 0.6) is 0 Å². The molecule has 3 aliphatic rings. The van der Waals surface area contributed by atoms with Gasteiger partial charge in [-0.25, -0.2) is 4.79 Å². The van der Waals surface area contributed by atoms with Gasteiger partial charge in [-0.3, -0.25) is 4.18 Å². The molecule has 3 heterocycles. The van der Waals surface area contributed by atoms with Crippen molar-refractivity contribution in [1.29, 1.82) is 0 Å². The van der Waals surface area contributed by atoms with Crippen LogP contribution in [0.15, 0.2) is 0 Å². The molecule has 3 aliphatic heterocycles. The van der Waals surface area contributed by atoms with E-state index in [4.69, 9.17) is 27.9 Å². The molecule has 0 bridgehead atoms. The summed E-state index contributed by atoms with van der Waals surface area (Å²) in [7, 11) is -3.88. The molecule has 10 heteroatoms. The summed E-state index contributed by atoms with van der Waals surface area (Å²) < 4.78 is 56.0. The number of esters is 1. The molecule has 24 heavy (non-hydrogen) atoms. The minimum Gasteiger partial charge on any atom is -0.455 e. The number of ether oxygens (including phenoxy) is 5. The molecule has 0 radical (unpaired) electrons. The van der Waals surface area contributed by atoms with Gasteiger partial charge in [0.25, 0.3) is 10.1 Å². The number of carbonyl (C=O) groups excluding carboxylic acids is 1. The van der Waals surface area contributed by atoms with Gasteiger partial charge in [-0.2, -0.15) is 8.42 Å². The van der Waals surface area contributed by atoms with Crippen LogP contribution in [0.4, 0.5) is 0 Å². The number of cyclic esters (lactones) is 1. The van der Waals surface area contributed by atoms with Crippen molar-refractivity contribution in [3.63, 3.8) is 0 Å². The van der Waals surface area contributed by atoms with Crippen molar-refractivity contribution < 1.29 is 41.1 Å². The van der Waals surface area contributed by atoms with E-state index in [2.05, 4.69) is 0 Å². The minimum atomic E-state index is -3.88. The van der Waals surface area contributed by atoms with E-state index < -0.39 is 58.2 Å². The second-order valence-corrected chi connectivity index (χ2v) is 8.66. The molecule has 0 aromatic rings. The summed E-state index contributed by atoms with van der Waals surface area (Å²) >= 11 is 0. The van der Waals surface area contributed by atoms with Gasteiger partial charge in [0.05, 0.1) is 12.9 Å². The van der Waals surface area contributed by atoms with E-state index in [0.717, 1.165) is 6.26 Å². The molecule has 0 spiro atoms. The highest BCUT2D eigenvalue weighted by molar-refractivity contribution is 7.86. The predicted molar refractivity (Wildman–Crippen MR) is 78.3 cm³/mol. The zero-order chi connectivity index (χ0) is 17.9. The highest BCUT2D eigenvalue weighted by atomic mass is 32.2. The van der Waals surface area contributed by atoms with E-state index in [-0.39, 0.29) is 6.61 Å². The summed E-state index contributed by atoms with van der Waals surface area (Å²) in [6.45, 7) is 7.05. The average molecular weight is 366 g/mol. The smallest absolute Gasteiger partial charge is 0.340 e. The summed E-state index contributed by atoms with van der Waals surface area (Å²) in [4.78, 5) is 12.3. The Labute approximate surface area is 140 Å². The molecule has 3 fully saturated rings. The molecule has 0 amide bonds. The molecule has 3 saturated heterocycles. The standard InChI is InChI=1S/C14H22O9S/c1-13(2)18-6-7(20-13)8-9-10(22-14(3,4)21-9)11(12(15)19-8)23-24(5,16)17/h7-11H,6H2,1-5H3/t7-,8-,9+,10+,11-/m1/s1. The number of fused-ring (bicyclic) bond motifs is 1. The van der Waals surface area contributed by atoms with Crippen molar-refractivity contribution in [3.05, 3.63) is 0 Å². The average Bonchev–Trinajstić information content (AvgIpc) is 2.90. The van der Waals surface area contributed by atoms with Crippen molar-refractivity contribution in [1.82, 2.24) is 0 Å². The Morgan fingerprint density at radius 2 is 1.62 bits per heavy atom. The first-order valence-electron chi connectivity index (χ1n) is 7.63. The van der Waals surface area contributed by atoms with Gasteiger partial charge < -0.3 is 23.7 Å². The zero-order valence-corrected chi connectivity index (χ0v) is 15.0. The maximum absolute atomic E-state index is 12.3. The zero-order valence-electron chi connectivity index (χ0n) is 14.2. The van der Waals surface area contributed by atoms with Crippen molar-refractivity contribution >= 4 is 16.1 Å². The van der Waals surface area contributed by atoms with Gasteiger partial charge in [0.2, 0.25) is 6.10 Å². The largest absolute Gasteiger partial charge is 0.455 e. The first-order valence-corrected chi connectivity index (χ1v) is 9.45. The Kier molecular flexibility index (Phi) is 4.22. The van der Waals surface area contributed by atoms with Gasteiger partial charge in [-0.05, 0) is 27.7 Å². The van der Waals surface area contributed by atoms with E-state index in [1.165, 1.54) is 0 Å². The van der Waals surface area contributed by atoms with Crippen LogP contribution in [0.25, 0.3) is 0 Å². The highest BCUT2D eigenvalue weighted by Gasteiger charge is 2.60. The van der Waals surface area contributed by atoms with Crippen molar-refractivity contribution in [3.8, 4) is 0 Å². The minimum absolute atomic E-state index is 0.218. The lowest BCUT2D eigenvalue weighted by Gasteiger charge is -2.37. The van der Waals surface area contributed by atoms with Crippen LogP contribution in [0.1, 0.15) is 27.7 Å². The van der Waals surface area contributed by atoms with E-state index >= 15 is 0 Å². The number of hydrogen-bond donors (Lipinski definition) is 0. The lowest BCUT2D eigenvalue weighted by atomic mass is 9.96. The molecule has 0 aromatic heterocycles. The summed E-state index contributed by atoms with van der Waals surface area (Å²) in [5.41, 5.74) is 0. The highest BCUT2D eigenvalue weighted by Crippen LogP contribution is 2.40. The maximum atomic E-state index is 12.3. The molecule has 0 N–H and O–H groups in total. The molecular formula is C14H22O9S. The van der Waals surface area contributed by atoms with E-state index in [9.17, 15) is 13.2 Å². The third-order valence-electron chi connectivity index (χ3n) is 3.95. The van der Waals surface area contributed by atoms with Crippen molar-refractivity contribution in [2.75, 3.05) is 12.9 Å². The Morgan fingerprint density at radius 3 is 2.17 bits per heavy atom. The maximum Gasteiger partial charge on any atom is 0.340 e. The first-order chi connectivity index (χ1) is 10.9. The third kappa shape index (κ3) is 3.58. The van der Waals surface area contributed by atoms with E-state index in [0.29, 0.717) is 0 Å². The Hall–Kier alpha value is -0.780. The van der Waals surface area contributed by atoms with Crippen LogP contribution in [0.2, 0.25) is 0 Å². The van der Waals surface area contributed by atoms with Crippen LogP contribution in [0.3, 0.4) is 0 Å². The molecule has 0 unspecified atom stereocenters. The van der Waals surface area contributed by atoms with Crippen LogP contribution >= 0.6 is 0 Å². The van der Waals surface area contributed by atoms with Crippen LogP contribution in [-0.4, -0.2) is 69.3 Å². The predicted octanol–water partition coefficient (Wildman–Crippen LogP) is -0.0718. The van der Waals surface area contributed by atoms with Crippen LogP contribution < -0.4 is 0 Å². The second kappa shape index (κ2) is 5.61. The number of hydrogen-bond acceptors (Lipinski definition) is 9. The Morgan fingerprint density at radius 1 is 1.00 bits per heavy atom. The molecular weight excluding hydrogens is 344 g/mol. The lowest BCUT2D eigenvalue weighted by Crippen LogP contribution is -2.59. The monoisotopic (exact) mass is 366 g/mol. The quantitative estimate of drug-likeness (QED) is 0.501. The summed E-state index contributed by atoms with van der Waals surface area (Å²) in [6.07, 6.45) is -3.55. The SMILES string of the molecule is CC1(C)O[C@H]2[C@@H]([C@H]3COC(C)(C)O3)OC(=O)[C@H](OS(C)(=O)=O)[C@H]2O1. The van der Waals surface area contributed by atoms with Crippen molar-refractivity contribution in [2.45, 2.75) is 69.8 Å². The van der Waals surface area contributed by atoms with Crippen molar-refractivity contribution in [2.24, 2.45) is 0 Å². The fourth-order valence-electron chi connectivity index (χ4n) is 3.15. The van der Waals surface area contributed by atoms with Gasteiger partial charge in [0.1, 0.15) is 18.3 Å². The topological polar surface area (TPSA) is 107 Å². The molecule has 138 valence electrons. The normalized spacial score (nSPS) is 41.0. The molecule has 0 aliphatic carbocycles. The van der Waals surface area contributed by atoms with Gasteiger partial charge in [-0.15, -0.1) is 0 Å². The van der Waals surface area contributed by atoms with Crippen LogP contribution in [-0.2, 0) is 42.8 Å². The van der Waals surface area contributed by atoms with Gasteiger partial charge in [0.15, 0.2) is 17.7 Å². The van der Waals surface area contributed by atoms with E-state index in [1.54, 1.807) is 27.7 Å². The molecule has 5 atom stereocenters. The Bertz CT molecular complexity index is 626. The molecule has 0 saturated carbocycles. The number of rotatable bonds is 3. The lowest BCUT2D eigenvalue weighted by molar-refractivity contribution is -0.206. The fraction of sp³-hybridized carbons (Fsp3) is 0.929. The number of carbonyl (C=O) groups is 1. The van der Waals surface area contributed by atoms with E-state index in [1.807, 2.05) is 0 Å². The Balaban J connectivity index is 1.86. The molecule has 9 nitrogen and oxygen atoms in total. The van der Waals surface area contributed by atoms with Gasteiger partial charge in [0, 0.05) is 0 Å². The fourth-order valence-corrected chi connectivity index (χ4v) is 3.72. The summed E-state index contributed by atoms with van der Waals surface area (Å²) in [6, 6.07) is 0. The summed E-state index contributed by atoms with van der Waals surface area (Å²) in [5, 5.41) is 0.